The van der Waals surface area contributed by atoms with Crippen molar-refractivity contribution >= 4 is 50.5 Å². The summed E-state index contributed by atoms with van der Waals surface area (Å²) in [7, 11) is -1.89. The number of amides is 1. The number of hydrogen-bond donors (Lipinski definition) is 1. The lowest BCUT2D eigenvalue weighted by Gasteiger charge is -2.19. The molecule has 1 atom stereocenters. The van der Waals surface area contributed by atoms with Gasteiger partial charge in [0.2, 0.25) is 10.0 Å². The maximum atomic E-state index is 12.5. The first kappa shape index (κ1) is 21.3. The van der Waals surface area contributed by atoms with Gasteiger partial charge in [0, 0.05) is 12.1 Å². The number of ether oxygens (including phenoxy) is 1. The van der Waals surface area contributed by atoms with Crippen molar-refractivity contribution in [2.45, 2.75) is 19.4 Å². The van der Waals surface area contributed by atoms with Gasteiger partial charge in [-0.15, -0.1) is 0 Å². The molecule has 0 aliphatic carbocycles. The summed E-state index contributed by atoms with van der Waals surface area (Å²) in [6.45, 7) is 1.82. The van der Waals surface area contributed by atoms with Gasteiger partial charge in [-0.2, -0.15) is 0 Å². The Kier molecular flexibility index (Phi) is 6.97. The SMILES string of the molecule is CC[C@@H](Oc1ccc(N(C)S(C)(=O)=O)cc1)C(=O)Nc1cc(Cl)ccc1Cl. The fourth-order valence-corrected chi connectivity index (χ4v) is 3.06. The van der Waals surface area contributed by atoms with E-state index in [0.29, 0.717) is 33.6 Å². The molecule has 2 aromatic carbocycles. The summed E-state index contributed by atoms with van der Waals surface area (Å²) < 4.78 is 30.0. The highest BCUT2D eigenvalue weighted by Gasteiger charge is 2.20. The Morgan fingerprint density at radius 3 is 2.37 bits per heavy atom. The van der Waals surface area contributed by atoms with Crippen molar-refractivity contribution in [2.24, 2.45) is 0 Å². The number of hydrogen-bond acceptors (Lipinski definition) is 4. The number of nitrogens with zero attached hydrogens (tertiary/aromatic N) is 1. The van der Waals surface area contributed by atoms with Gasteiger partial charge >= 0.3 is 0 Å². The Bertz CT molecular complexity index is 917. The Hall–Kier alpha value is -1.96. The molecule has 6 nitrogen and oxygen atoms in total. The number of carbonyl (C=O) groups excluding carboxylic acids is 1. The van der Waals surface area contributed by atoms with Crippen molar-refractivity contribution in [2.75, 3.05) is 22.9 Å². The number of anilines is 2. The number of nitrogens with one attached hydrogen (secondary N) is 1. The molecule has 2 aromatic rings. The third-order valence-electron chi connectivity index (χ3n) is 3.83. The molecule has 9 heteroatoms. The van der Waals surface area contributed by atoms with Gasteiger partial charge in [0.25, 0.3) is 5.91 Å². The van der Waals surface area contributed by atoms with Gasteiger partial charge in [-0.1, -0.05) is 30.1 Å². The van der Waals surface area contributed by atoms with E-state index in [9.17, 15) is 13.2 Å². The van der Waals surface area contributed by atoms with Crippen LogP contribution in [0.2, 0.25) is 10.0 Å². The Morgan fingerprint density at radius 1 is 1.19 bits per heavy atom. The standard InChI is InChI=1S/C18H20Cl2N2O4S/c1-4-17(18(23)21-16-11-12(19)5-10-15(16)20)26-14-8-6-13(7-9-14)22(2)27(3,24)25/h5-11,17H,4H2,1-3H3,(H,21,23)/t17-/m1/s1. The van der Waals surface area contributed by atoms with Crippen LogP contribution in [0.15, 0.2) is 42.5 Å². The lowest BCUT2D eigenvalue weighted by Crippen LogP contribution is -2.32. The highest BCUT2D eigenvalue weighted by molar-refractivity contribution is 7.92. The minimum atomic E-state index is -3.35. The molecule has 0 aromatic heterocycles. The molecule has 0 spiro atoms. The fourth-order valence-electron chi connectivity index (χ4n) is 2.22. The average Bonchev–Trinajstić information content (AvgIpc) is 2.61. The number of benzene rings is 2. The molecule has 0 fully saturated rings. The summed E-state index contributed by atoms with van der Waals surface area (Å²) in [6.07, 6.45) is 0.795. The predicted molar refractivity (Wildman–Crippen MR) is 109 cm³/mol. The van der Waals surface area contributed by atoms with Crippen LogP contribution in [0, 0.1) is 0 Å². The lowest BCUT2D eigenvalue weighted by atomic mass is 10.2. The second-order valence-corrected chi connectivity index (χ2v) is 8.71. The van der Waals surface area contributed by atoms with Crippen LogP contribution in [-0.2, 0) is 14.8 Å². The molecule has 27 heavy (non-hydrogen) atoms. The Labute approximate surface area is 169 Å². The summed E-state index contributed by atoms with van der Waals surface area (Å²) in [5, 5.41) is 3.53. The molecule has 0 heterocycles. The largest absolute Gasteiger partial charge is 0.481 e. The maximum absolute atomic E-state index is 12.5. The molecule has 2 rings (SSSR count). The van der Waals surface area contributed by atoms with E-state index in [-0.39, 0.29) is 5.91 Å². The first-order chi connectivity index (χ1) is 12.6. The first-order valence-electron chi connectivity index (χ1n) is 8.08. The maximum Gasteiger partial charge on any atom is 0.265 e. The monoisotopic (exact) mass is 430 g/mol. The summed E-state index contributed by atoms with van der Waals surface area (Å²) in [6, 6.07) is 11.2. The second kappa shape index (κ2) is 8.82. The molecule has 146 valence electrons. The topological polar surface area (TPSA) is 75.7 Å². The lowest BCUT2D eigenvalue weighted by molar-refractivity contribution is -0.122. The van der Waals surface area contributed by atoms with Crippen LogP contribution in [0.25, 0.3) is 0 Å². The average molecular weight is 431 g/mol. The molecule has 1 amide bonds. The van der Waals surface area contributed by atoms with E-state index in [1.54, 1.807) is 42.5 Å². The van der Waals surface area contributed by atoms with Gasteiger partial charge in [0.1, 0.15) is 5.75 Å². The molecule has 0 saturated heterocycles. The molecule has 0 radical (unpaired) electrons. The third-order valence-corrected chi connectivity index (χ3v) is 5.60. The summed E-state index contributed by atoms with van der Waals surface area (Å²) >= 11 is 12.0. The Balaban J connectivity index is 2.10. The van der Waals surface area contributed by atoms with Gasteiger partial charge in [0.05, 0.1) is 22.7 Å². The number of sulfonamides is 1. The number of halogens is 2. The summed E-state index contributed by atoms with van der Waals surface area (Å²) in [5.41, 5.74) is 0.898. The van der Waals surface area contributed by atoms with Crippen LogP contribution in [0.3, 0.4) is 0 Å². The zero-order valence-electron chi connectivity index (χ0n) is 15.1. The van der Waals surface area contributed by atoms with Crippen molar-refractivity contribution in [3.63, 3.8) is 0 Å². The molecular formula is C18H20Cl2N2O4S. The van der Waals surface area contributed by atoms with Gasteiger partial charge < -0.3 is 10.1 Å². The van der Waals surface area contributed by atoms with Crippen LogP contribution in [0.4, 0.5) is 11.4 Å². The van der Waals surface area contributed by atoms with Crippen LogP contribution in [0.1, 0.15) is 13.3 Å². The molecule has 0 aliphatic rings. The molecule has 0 saturated carbocycles. The van der Waals surface area contributed by atoms with E-state index < -0.39 is 16.1 Å². The minimum absolute atomic E-state index is 0.362. The van der Waals surface area contributed by atoms with E-state index in [0.717, 1.165) is 10.6 Å². The van der Waals surface area contributed by atoms with Crippen molar-refractivity contribution in [1.29, 1.82) is 0 Å². The number of rotatable bonds is 7. The fraction of sp³-hybridized carbons (Fsp3) is 0.278. The highest BCUT2D eigenvalue weighted by atomic mass is 35.5. The van der Waals surface area contributed by atoms with E-state index in [2.05, 4.69) is 5.32 Å². The molecule has 0 unspecified atom stereocenters. The van der Waals surface area contributed by atoms with Gasteiger partial charge in [-0.05, 0) is 48.9 Å². The van der Waals surface area contributed by atoms with Crippen LogP contribution in [0.5, 0.6) is 5.75 Å². The Morgan fingerprint density at radius 2 is 1.81 bits per heavy atom. The zero-order valence-corrected chi connectivity index (χ0v) is 17.4. The summed E-state index contributed by atoms with van der Waals surface area (Å²) in [4.78, 5) is 12.5. The van der Waals surface area contributed by atoms with Crippen molar-refractivity contribution < 1.29 is 17.9 Å². The van der Waals surface area contributed by atoms with Gasteiger partial charge in [-0.3, -0.25) is 9.10 Å². The smallest absolute Gasteiger partial charge is 0.265 e. The number of carbonyl (C=O) groups is 1. The summed E-state index contributed by atoms with van der Waals surface area (Å²) in [5.74, 6) is 0.0823. The molecular weight excluding hydrogens is 411 g/mol. The zero-order chi connectivity index (χ0) is 20.2. The normalized spacial score (nSPS) is 12.3. The quantitative estimate of drug-likeness (QED) is 0.714. The van der Waals surface area contributed by atoms with E-state index in [1.165, 1.54) is 7.05 Å². The van der Waals surface area contributed by atoms with Gasteiger partial charge in [0.15, 0.2) is 6.10 Å². The van der Waals surface area contributed by atoms with E-state index in [1.807, 2.05) is 6.92 Å². The third kappa shape index (κ3) is 5.76. The first-order valence-corrected chi connectivity index (χ1v) is 10.7. The van der Waals surface area contributed by atoms with Crippen molar-refractivity contribution in [3.8, 4) is 5.75 Å². The highest BCUT2D eigenvalue weighted by Crippen LogP contribution is 2.26. The minimum Gasteiger partial charge on any atom is -0.481 e. The van der Waals surface area contributed by atoms with Gasteiger partial charge in [-0.25, -0.2) is 8.42 Å². The van der Waals surface area contributed by atoms with Crippen LogP contribution in [-0.4, -0.2) is 33.7 Å². The molecule has 0 aliphatic heterocycles. The van der Waals surface area contributed by atoms with Crippen molar-refractivity contribution in [1.82, 2.24) is 0 Å². The van der Waals surface area contributed by atoms with E-state index >= 15 is 0 Å². The van der Waals surface area contributed by atoms with Crippen LogP contribution < -0.4 is 14.4 Å². The molecule has 1 N–H and O–H groups in total. The van der Waals surface area contributed by atoms with Crippen LogP contribution >= 0.6 is 23.2 Å². The predicted octanol–water partition coefficient (Wildman–Crippen LogP) is 4.19. The second-order valence-electron chi connectivity index (χ2n) is 5.85. The van der Waals surface area contributed by atoms with E-state index in [4.69, 9.17) is 27.9 Å². The van der Waals surface area contributed by atoms with Crippen molar-refractivity contribution in [3.05, 3.63) is 52.5 Å². The molecule has 0 bridgehead atoms.